The van der Waals surface area contributed by atoms with Crippen molar-refractivity contribution in [2.24, 2.45) is 0 Å². The standard InChI is InChI=1S/C26H31NO8/c1-17(28)35-27(15-18-11-7-5-8-12-18)20(24(29)30-4)21-22(31-16-19-13-9-6-10-14-19)23-25(32-21)34-26(2,3)33-23/h5-14,20-23,25H,15-16H2,1-4H3/t20-,21+,22-,23+,25+/m0/s1. The van der Waals surface area contributed by atoms with E-state index < -0.39 is 48.4 Å². The average Bonchev–Trinajstić information content (AvgIpc) is 3.30. The minimum absolute atomic E-state index is 0.133. The van der Waals surface area contributed by atoms with Gasteiger partial charge in [-0.1, -0.05) is 60.7 Å². The molecule has 0 aliphatic carbocycles. The summed E-state index contributed by atoms with van der Waals surface area (Å²) in [5, 5.41) is 1.28. The molecule has 188 valence electrons. The van der Waals surface area contributed by atoms with Crippen LogP contribution >= 0.6 is 0 Å². The Kier molecular flexibility index (Phi) is 7.83. The van der Waals surface area contributed by atoms with E-state index in [0.29, 0.717) is 0 Å². The van der Waals surface area contributed by atoms with Crippen molar-refractivity contribution in [3.8, 4) is 0 Å². The first-order chi connectivity index (χ1) is 16.8. The second-order valence-electron chi connectivity index (χ2n) is 8.94. The molecule has 0 amide bonds. The molecule has 4 rings (SSSR count). The fraction of sp³-hybridized carbons (Fsp3) is 0.462. The topological polar surface area (TPSA) is 92.8 Å². The number of esters is 1. The van der Waals surface area contributed by atoms with Gasteiger partial charge in [0.15, 0.2) is 18.1 Å². The molecular formula is C26H31NO8. The number of carbonyl (C=O) groups excluding carboxylic acids is 2. The molecule has 2 aliphatic heterocycles. The van der Waals surface area contributed by atoms with Crippen LogP contribution in [0.4, 0.5) is 0 Å². The Bertz CT molecular complexity index is 999. The molecule has 0 saturated carbocycles. The minimum Gasteiger partial charge on any atom is -0.468 e. The molecule has 2 aromatic rings. The molecule has 5 atom stereocenters. The smallest absolute Gasteiger partial charge is 0.329 e. The van der Waals surface area contributed by atoms with Crippen LogP contribution in [0, 0.1) is 0 Å². The van der Waals surface area contributed by atoms with Crippen LogP contribution in [0.2, 0.25) is 0 Å². The van der Waals surface area contributed by atoms with E-state index >= 15 is 0 Å². The Labute approximate surface area is 204 Å². The van der Waals surface area contributed by atoms with Crippen molar-refractivity contribution in [2.75, 3.05) is 7.11 Å². The van der Waals surface area contributed by atoms with Crippen LogP contribution < -0.4 is 0 Å². The summed E-state index contributed by atoms with van der Waals surface area (Å²) >= 11 is 0. The Balaban J connectivity index is 1.65. The summed E-state index contributed by atoms with van der Waals surface area (Å²) in [6, 6.07) is 17.8. The largest absolute Gasteiger partial charge is 0.468 e. The first-order valence-electron chi connectivity index (χ1n) is 11.5. The second kappa shape index (κ2) is 10.8. The van der Waals surface area contributed by atoms with E-state index in [0.717, 1.165) is 11.1 Å². The molecule has 0 unspecified atom stereocenters. The summed E-state index contributed by atoms with van der Waals surface area (Å²) in [5.41, 5.74) is 1.78. The zero-order chi connectivity index (χ0) is 25.0. The van der Waals surface area contributed by atoms with Crippen LogP contribution in [0.5, 0.6) is 0 Å². The lowest BCUT2D eigenvalue weighted by Gasteiger charge is -2.34. The SMILES string of the molecule is COC(=O)[C@H]([C@H]1O[C@@H]2OC(C)(C)O[C@@H]2[C@H]1OCc1ccccc1)N(Cc1ccccc1)OC(C)=O. The number of carbonyl (C=O) groups is 2. The lowest BCUT2D eigenvalue weighted by atomic mass is 10.0. The Hall–Kier alpha value is -2.82. The molecule has 2 fully saturated rings. The first-order valence-corrected chi connectivity index (χ1v) is 11.5. The van der Waals surface area contributed by atoms with E-state index in [1.807, 2.05) is 60.7 Å². The third kappa shape index (κ3) is 6.06. The van der Waals surface area contributed by atoms with E-state index in [1.54, 1.807) is 13.8 Å². The number of rotatable bonds is 9. The molecule has 9 heteroatoms. The summed E-state index contributed by atoms with van der Waals surface area (Å²) in [6.45, 7) is 5.24. The second-order valence-corrected chi connectivity index (χ2v) is 8.94. The molecule has 2 aliphatic rings. The normalized spacial score (nSPS) is 25.7. The summed E-state index contributed by atoms with van der Waals surface area (Å²) in [7, 11) is 1.27. The van der Waals surface area contributed by atoms with Crippen molar-refractivity contribution in [2.45, 2.75) is 70.4 Å². The zero-order valence-corrected chi connectivity index (χ0v) is 20.3. The van der Waals surface area contributed by atoms with E-state index in [9.17, 15) is 9.59 Å². The molecular weight excluding hydrogens is 454 g/mol. The molecule has 9 nitrogen and oxygen atoms in total. The predicted molar refractivity (Wildman–Crippen MR) is 123 cm³/mol. The van der Waals surface area contributed by atoms with Gasteiger partial charge in [-0.3, -0.25) is 9.59 Å². The molecule has 0 N–H and O–H groups in total. The van der Waals surface area contributed by atoms with Gasteiger partial charge in [-0.2, -0.15) is 0 Å². The number of hydroxylamine groups is 2. The van der Waals surface area contributed by atoms with Crippen molar-refractivity contribution in [1.29, 1.82) is 0 Å². The van der Waals surface area contributed by atoms with Gasteiger partial charge in [-0.25, -0.2) is 0 Å². The number of nitrogens with zero attached hydrogens (tertiary/aromatic N) is 1. The van der Waals surface area contributed by atoms with Gasteiger partial charge in [0.05, 0.1) is 20.3 Å². The summed E-state index contributed by atoms with van der Waals surface area (Å²) in [5.74, 6) is -2.10. The molecule has 35 heavy (non-hydrogen) atoms. The van der Waals surface area contributed by atoms with Gasteiger partial charge in [0.2, 0.25) is 0 Å². The molecule has 0 aromatic heterocycles. The first kappa shape index (κ1) is 25.3. The lowest BCUT2D eigenvalue weighted by molar-refractivity contribution is -0.253. The van der Waals surface area contributed by atoms with Gasteiger partial charge in [0.25, 0.3) is 0 Å². The van der Waals surface area contributed by atoms with Crippen LogP contribution in [-0.4, -0.2) is 60.5 Å². The number of ether oxygens (including phenoxy) is 5. The van der Waals surface area contributed by atoms with Crippen molar-refractivity contribution in [3.05, 3.63) is 71.8 Å². The van der Waals surface area contributed by atoms with Crippen LogP contribution in [0.3, 0.4) is 0 Å². The summed E-state index contributed by atoms with van der Waals surface area (Å²) in [6.07, 6.45) is -2.97. The van der Waals surface area contributed by atoms with Crippen molar-refractivity contribution >= 4 is 11.9 Å². The van der Waals surface area contributed by atoms with E-state index in [2.05, 4.69) is 0 Å². The van der Waals surface area contributed by atoms with Crippen LogP contribution in [0.1, 0.15) is 31.9 Å². The Morgan fingerprint density at radius 1 is 1.00 bits per heavy atom. The molecule has 2 heterocycles. The number of methoxy groups -OCH3 is 1. The third-order valence-electron chi connectivity index (χ3n) is 5.80. The highest BCUT2D eigenvalue weighted by atomic mass is 16.8. The van der Waals surface area contributed by atoms with Gasteiger partial charge in [-0.05, 0) is 25.0 Å². The quantitative estimate of drug-likeness (QED) is 0.393. The van der Waals surface area contributed by atoms with Gasteiger partial charge in [0.1, 0.15) is 18.3 Å². The summed E-state index contributed by atoms with van der Waals surface area (Å²) < 4.78 is 29.6. The monoisotopic (exact) mass is 485 g/mol. The van der Waals surface area contributed by atoms with Crippen LogP contribution in [-0.2, 0) is 51.3 Å². The third-order valence-corrected chi connectivity index (χ3v) is 5.80. The van der Waals surface area contributed by atoms with Gasteiger partial charge < -0.3 is 28.5 Å². The van der Waals surface area contributed by atoms with Crippen LogP contribution in [0.15, 0.2) is 60.7 Å². The van der Waals surface area contributed by atoms with E-state index in [4.69, 9.17) is 28.5 Å². The highest BCUT2D eigenvalue weighted by Crippen LogP contribution is 2.41. The highest BCUT2D eigenvalue weighted by Gasteiger charge is 2.60. The zero-order valence-electron chi connectivity index (χ0n) is 20.3. The molecule has 2 aromatic carbocycles. The van der Waals surface area contributed by atoms with Gasteiger partial charge >= 0.3 is 11.9 Å². The molecule has 0 spiro atoms. The maximum atomic E-state index is 13.1. The maximum Gasteiger partial charge on any atom is 0.329 e. The van der Waals surface area contributed by atoms with Crippen molar-refractivity contribution in [3.63, 3.8) is 0 Å². The van der Waals surface area contributed by atoms with Crippen molar-refractivity contribution < 1.29 is 38.1 Å². The fourth-order valence-corrected chi connectivity index (χ4v) is 4.37. The Morgan fingerprint density at radius 3 is 2.23 bits per heavy atom. The summed E-state index contributed by atoms with van der Waals surface area (Å²) in [4.78, 5) is 30.6. The van der Waals surface area contributed by atoms with E-state index in [-0.39, 0.29) is 13.2 Å². The van der Waals surface area contributed by atoms with Gasteiger partial charge in [0, 0.05) is 6.92 Å². The lowest BCUT2D eigenvalue weighted by Crippen LogP contribution is -2.55. The minimum atomic E-state index is -1.13. The number of hydrogen-bond acceptors (Lipinski definition) is 9. The van der Waals surface area contributed by atoms with Crippen molar-refractivity contribution in [1.82, 2.24) is 5.06 Å². The Morgan fingerprint density at radius 2 is 1.63 bits per heavy atom. The molecule has 2 saturated heterocycles. The van der Waals surface area contributed by atoms with Crippen LogP contribution in [0.25, 0.3) is 0 Å². The van der Waals surface area contributed by atoms with Gasteiger partial charge in [-0.15, -0.1) is 5.06 Å². The number of hydrogen-bond donors (Lipinski definition) is 0. The molecule has 0 radical (unpaired) electrons. The average molecular weight is 486 g/mol. The predicted octanol–water partition coefficient (Wildman–Crippen LogP) is 2.97. The fourth-order valence-electron chi connectivity index (χ4n) is 4.37. The number of fused-ring (bicyclic) bond motifs is 1. The maximum absolute atomic E-state index is 13.1. The number of benzene rings is 2. The molecule has 0 bridgehead atoms. The highest BCUT2D eigenvalue weighted by molar-refractivity contribution is 5.77. The van der Waals surface area contributed by atoms with E-state index in [1.165, 1.54) is 19.1 Å².